The predicted octanol–water partition coefficient (Wildman–Crippen LogP) is 3.72. The molecule has 0 aromatic heterocycles. The van der Waals surface area contributed by atoms with Crippen molar-refractivity contribution in [2.75, 3.05) is 6.61 Å². The maximum Gasteiger partial charge on any atom is 0.247 e. The predicted molar refractivity (Wildman–Crippen MR) is 57.6 cm³/mol. The highest BCUT2D eigenvalue weighted by Gasteiger charge is 2.13. The van der Waals surface area contributed by atoms with Gasteiger partial charge in [0.05, 0.1) is 17.2 Å². The third-order valence-electron chi connectivity index (χ3n) is 1.93. The van der Waals surface area contributed by atoms with Gasteiger partial charge in [-0.2, -0.15) is 0 Å². The molecule has 0 amide bonds. The summed E-state index contributed by atoms with van der Waals surface area (Å²) in [5.41, 5.74) is 0.852. The number of nitrogens with zero attached hydrogens (tertiary/aromatic N) is 1. The van der Waals surface area contributed by atoms with Crippen molar-refractivity contribution >= 4 is 11.6 Å². The van der Waals surface area contributed by atoms with Crippen LogP contribution in [-0.2, 0) is 0 Å². The fourth-order valence-corrected chi connectivity index (χ4v) is 1.50. The number of hydrogen-bond acceptors (Lipinski definition) is 1. The summed E-state index contributed by atoms with van der Waals surface area (Å²) < 4.78 is 5.29. The molecular weight excluding hydrogens is 198 g/mol. The van der Waals surface area contributed by atoms with Crippen LogP contribution >= 0.6 is 11.6 Å². The van der Waals surface area contributed by atoms with Gasteiger partial charge in [0, 0.05) is 6.92 Å². The molecule has 1 aromatic rings. The van der Waals surface area contributed by atoms with E-state index in [1.807, 2.05) is 26.0 Å². The molecule has 0 bridgehead atoms. The zero-order valence-corrected chi connectivity index (χ0v) is 9.01. The van der Waals surface area contributed by atoms with E-state index in [2.05, 4.69) is 4.85 Å². The molecule has 14 heavy (non-hydrogen) atoms. The van der Waals surface area contributed by atoms with E-state index < -0.39 is 0 Å². The second kappa shape index (κ2) is 4.88. The first-order valence-electron chi connectivity index (χ1n) is 4.47. The van der Waals surface area contributed by atoms with Gasteiger partial charge in [0.1, 0.15) is 5.75 Å². The molecular formula is C11H12ClNO. The fraction of sp³-hybridized carbons (Fsp3) is 0.364. The van der Waals surface area contributed by atoms with Gasteiger partial charge in [-0.3, -0.25) is 0 Å². The Labute approximate surface area is 89.3 Å². The molecule has 0 aliphatic rings. The van der Waals surface area contributed by atoms with Gasteiger partial charge in [0.25, 0.3) is 0 Å². The van der Waals surface area contributed by atoms with Crippen LogP contribution in [0.4, 0.5) is 0 Å². The standard InChI is InChI=1S/C11H12ClNO/c1-4-14-9-5-6-10(8(2)13-3)11(12)7-9/h5-8H,4H2,1-2H3. The highest BCUT2D eigenvalue weighted by molar-refractivity contribution is 6.31. The van der Waals surface area contributed by atoms with Gasteiger partial charge in [0.2, 0.25) is 6.04 Å². The van der Waals surface area contributed by atoms with Gasteiger partial charge >= 0.3 is 0 Å². The molecule has 0 fully saturated rings. The molecule has 0 aliphatic carbocycles. The lowest BCUT2D eigenvalue weighted by Gasteiger charge is -2.06. The summed E-state index contributed by atoms with van der Waals surface area (Å²) in [6.45, 7) is 11.3. The first-order chi connectivity index (χ1) is 6.69. The summed E-state index contributed by atoms with van der Waals surface area (Å²) in [6, 6.07) is 5.24. The van der Waals surface area contributed by atoms with Gasteiger partial charge in [-0.05, 0) is 25.1 Å². The van der Waals surface area contributed by atoms with Crippen molar-refractivity contribution in [1.82, 2.24) is 0 Å². The molecule has 1 rings (SSSR count). The Hall–Kier alpha value is -1.20. The van der Waals surface area contributed by atoms with Crippen LogP contribution in [0.2, 0.25) is 5.02 Å². The molecule has 1 aromatic carbocycles. The average Bonchev–Trinajstić information content (AvgIpc) is 2.17. The normalized spacial score (nSPS) is 11.9. The molecule has 0 heterocycles. The molecule has 0 aliphatic heterocycles. The van der Waals surface area contributed by atoms with E-state index in [-0.39, 0.29) is 6.04 Å². The summed E-state index contributed by atoms with van der Waals surface area (Å²) in [7, 11) is 0. The Bertz CT molecular complexity index is 357. The van der Waals surface area contributed by atoms with Gasteiger partial charge in [-0.1, -0.05) is 11.6 Å². The van der Waals surface area contributed by atoms with Gasteiger partial charge in [-0.15, -0.1) is 0 Å². The minimum Gasteiger partial charge on any atom is -0.494 e. The van der Waals surface area contributed by atoms with Crippen molar-refractivity contribution in [2.45, 2.75) is 19.9 Å². The maximum atomic E-state index is 6.91. The number of rotatable bonds is 3. The third kappa shape index (κ3) is 2.40. The van der Waals surface area contributed by atoms with Crippen LogP contribution in [0.25, 0.3) is 4.85 Å². The van der Waals surface area contributed by atoms with Gasteiger partial charge in [-0.25, -0.2) is 6.57 Å². The van der Waals surface area contributed by atoms with Crippen molar-refractivity contribution in [1.29, 1.82) is 0 Å². The minimum absolute atomic E-state index is 0.196. The second-order valence-electron chi connectivity index (χ2n) is 2.92. The van der Waals surface area contributed by atoms with Crippen molar-refractivity contribution < 1.29 is 4.74 Å². The lowest BCUT2D eigenvalue weighted by molar-refractivity contribution is 0.340. The monoisotopic (exact) mass is 209 g/mol. The third-order valence-corrected chi connectivity index (χ3v) is 2.25. The van der Waals surface area contributed by atoms with E-state index >= 15 is 0 Å². The zero-order valence-electron chi connectivity index (χ0n) is 8.25. The van der Waals surface area contributed by atoms with E-state index in [1.54, 1.807) is 6.07 Å². The topological polar surface area (TPSA) is 13.6 Å². The summed E-state index contributed by atoms with van der Waals surface area (Å²) in [6.07, 6.45) is 0. The lowest BCUT2D eigenvalue weighted by atomic mass is 10.1. The van der Waals surface area contributed by atoms with E-state index in [9.17, 15) is 0 Å². The van der Waals surface area contributed by atoms with E-state index in [0.29, 0.717) is 11.6 Å². The van der Waals surface area contributed by atoms with Crippen LogP contribution < -0.4 is 4.74 Å². The zero-order chi connectivity index (χ0) is 10.6. The minimum atomic E-state index is -0.196. The highest BCUT2D eigenvalue weighted by Crippen LogP contribution is 2.28. The second-order valence-corrected chi connectivity index (χ2v) is 3.33. The first kappa shape index (κ1) is 10.9. The SMILES string of the molecule is [C-]#[N+]C(C)c1ccc(OCC)cc1Cl. The fourth-order valence-electron chi connectivity index (χ4n) is 1.17. The summed E-state index contributed by atoms with van der Waals surface area (Å²) >= 11 is 6.02. The smallest absolute Gasteiger partial charge is 0.247 e. The van der Waals surface area contributed by atoms with Gasteiger partial charge in [0.15, 0.2) is 0 Å². The van der Waals surface area contributed by atoms with Crippen molar-refractivity contribution in [2.24, 2.45) is 0 Å². The molecule has 0 saturated carbocycles. The van der Waals surface area contributed by atoms with Crippen molar-refractivity contribution in [3.63, 3.8) is 0 Å². The Morgan fingerprint density at radius 3 is 2.79 bits per heavy atom. The Morgan fingerprint density at radius 2 is 2.29 bits per heavy atom. The summed E-state index contributed by atoms with van der Waals surface area (Å²) in [5, 5.41) is 0.597. The molecule has 3 heteroatoms. The van der Waals surface area contributed by atoms with Crippen LogP contribution in [0.5, 0.6) is 5.75 Å². The van der Waals surface area contributed by atoms with Crippen LogP contribution in [0.1, 0.15) is 25.5 Å². The van der Waals surface area contributed by atoms with Gasteiger partial charge < -0.3 is 9.58 Å². The molecule has 1 atom stereocenters. The van der Waals surface area contributed by atoms with Crippen molar-refractivity contribution in [3.8, 4) is 5.75 Å². The largest absolute Gasteiger partial charge is 0.494 e. The number of benzene rings is 1. The maximum absolute atomic E-state index is 6.91. The number of hydrogen-bond donors (Lipinski definition) is 0. The summed E-state index contributed by atoms with van der Waals surface area (Å²) in [5.74, 6) is 0.749. The highest BCUT2D eigenvalue weighted by atomic mass is 35.5. The molecule has 0 saturated heterocycles. The van der Waals surface area contributed by atoms with E-state index in [1.165, 1.54) is 0 Å². The average molecular weight is 210 g/mol. The lowest BCUT2D eigenvalue weighted by Crippen LogP contribution is -1.93. The molecule has 0 N–H and O–H groups in total. The van der Waals surface area contributed by atoms with Crippen molar-refractivity contribution in [3.05, 3.63) is 40.2 Å². The number of halogens is 1. The van der Waals surface area contributed by atoms with E-state index in [0.717, 1.165) is 11.3 Å². The molecule has 2 nitrogen and oxygen atoms in total. The van der Waals surface area contributed by atoms with Crippen LogP contribution in [0, 0.1) is 6.57 Å². The summed E-state index contributed by atoms with van der Waals surface area (Å²) in [4.78, 5) is 3.42. The van der Waals surface area contributed by atoms with Crippen LogP contribution in [-0.4, -0.2) is 6.61 Å². The molecule has 74 valence electrons. The van der Waals surface area contributed by atoms with Crippen LogP contribution in [0.3, 0.4) is 0 Å². The Morgan fingerprint density at radius 1 is 1.57 bits per heavy atom. The molecule has 0 spiro atoms. The van der Waals surface area contributed by atoms with Crippen LogP contribution in [0.15, 0.2) is 18.2 Å². The Balaban J connectivity index is 2.96. The first-order valence-corrected chi connectivity index (χ1v) is 4.85. The Kier molecular flexibility index (Phi) is 3.79. The number of ether oxygens (including phenoxy) is 1. The van der Waals surface area contributed by atoms with E-state index in [4.69, 9.17) is 22.9 Å². The quantitative estimate of drug-likeness (QED) is 0.692. The molecule has 1 unspecified atom stereocenters. The molecule has 0 radical (unpaired) electrons.